The van der Waals surface area contributed by atoms with E-state index in [0.717, 1.165) is 0 Å². The summed E-state index contributed by atoms with van der Waals surface area (Å²) in [5, 5.41) is 9.03. The molecule has 1 heterocycles. The zero-order chi connectivity index (χ0) is 12.3. The largest absolute Gasteiger partial charge is 0.342 e. The molecule has 0 aliphatic rings. The average molecular weight is 234 g/mol. The second kappa shape index (κ2) is 4.73. The molecule has 1 unspecified atom stereocenters. The molecule has 1 atom stereocenters. The summed E-state index contributed by atoms with van der Waals surface area (Å²) in [4.78, 5) is 15.7. The summed E-state index contributed by atoms with van der Waals surface area (Å²) >= 11 is 0. The van der Waals surface area contributed by atoms with Crippen LogP contribution in [0.3, 0.4) is 0 Å². The second-order valence-corrected chi connectivity index (χ2v) is 3.58. The summed E-state index contributed by atoms with van der Waals surface area (Å²) in [5.74, 6) is -0.242. The van der Waals surface area contributed by atoms with Gasteiger partial charge in [0.05, 0.1) is 6.04 Å². The minimum absolute atomic E-state index is 0.274. The third-order valence-electron chi connectivity index (χ3n) is 2.28. The predicted molar refractivity (Wildman–Crippen MR) is 58.7 cm³/mol. The molecule has 5 nitrogen and oxygen atoms in total. The molecular weight excluding hydrogens is 223 g/mol. The van der Waals surface area contributed by atoms with Gasteiger partial charge in [0.15, 0.2) is 0 Å². The van der Waals surface area contributed by atoms with Gasteiger partial charge in [0.2, 0.25) is 0 Å². The maximum absolute atomic E-state index is 12.9. The number of aromatic amines is 1. The Balaban J connectivity index is 2.07. The van der Waals surface area contributed by atoms with Crippen LogP contribution in [0.1, 0.15) is 29.1 Å². The van der Waals surface area contributed by atoms with Crippen molar-refractivity contribution in [3.05, 3.63) is 47.8 Å². The third-order valence-corrected chi connectivity index (χ3v) is 2.28. The number of rotatable bonds is 3. The van der Waals surface area contributed by atoms with Crippen molar-refractivity contribution in [3.63, 3.8) is 0 Å². The first-order valence-electron chi connectivity index (χ1n) is 5.08. The summed E-state index contributed by atoms with van der Waals surface area (Å²) in [7, 11) is 0. The fraction of sp³-hybridized carbons (Fsp3) is 0.182. The Kier molecular flexibility index (Phi) is 3.13. The summed E-state index contributed by atoms with van der Waals surface area (Å²) in [5.41, 5.74) is 0.274. The van der Waals surface area contributed by atoms with Crippen molar-refractivity contribution in [3.8, 4) is 0 Å². The predicted octanol–water partition coefficient (Wildman–Crippen LogP) is 1.43. The zero-order valence-corrected chi connectivity index (χ0v) is 9.14. The Morgan fingerprint density at radius 1 is 1.53 bits per heavy atom. The normalized spacial score (nSPS) is 12.1. The van der Waals surface area contributed by atoms with Gasteiger partial charge in [-0.1, -0.05) is 6.07 Å². The molecule has 17 heavy (non-hydrogen) atoms. The average Bonchev–Trinajstić information content (AvgIpc) is 2.82. The highest BCUT2D eigenvalue weighted by molar-refractivity contribution is 5.94. The van der Waals surface area contributed by atoms with E-state index in [2.05, 4.69) is 20.5 Å². The first-order valence-corrected chi connectivity index (χ1v) is 5.08. The van der Waals surface area contributed by atoms with Crippen LogP contribution in [0.2, 0.25) is 0 Å². The van der Waals surface area contributed by atoms with Gasteiger partial charge in [-0.2, -0.15) is 5.10 Å². The first kappa shape index (κ1) is 11.3. The third kappa shape index (κ3) is 2.66. The molecule has 2 N–H and O–H groups in total. The SMILES string of the molecule is CC(NC(=O)c1cccc(F)c1)c1ncn[nH]1. The molecule has 6 heteroatoms. The van der Waals surface area contributed by atoms with Crippen molar-refractivity contribution in [1.82, 2.24) is 20.5 Å². The van der Waals surface area contributed by atoms with E-state index in [9.17, 15) is 9.18 Å². The van der Waals surface area contributed by atoms with Crippen LogP contribution in [0.5, 0.6) is 0 Å². The van der Waals surface area contributed by atoms with Crippen molar-refractivity contribution < 1.29 is 9.18 Å². The van der Waals surface area contributed by atoms with Crippen LogP contribution >= 0.6 is 0 Å². The highest BCUT2D eigenvalue weighted by Crippen LogP contribution is 2.08. The number of carbonyl (C=O) groups excluding carboxylic acids is 1. The summed E-state index contributed by atoms with van der Waals surface area (Å²) in [6.07, 6.45) is 1.36. The van der Waals surface area contributed by atoms with E-state index in [0.29, 0.717) is 5.82 Å². The zero-order valence-electron chi connectivity index (χ0n) is 9.14. The van der Waals surface area contributed by atoms with Crippen molar-refractivity contribution in [1.29, 1.82) is 0 Å². The molecule has 0 saturated heterocycles. The molecule has 0 spiro atoms. The molecule has 0 saturated carbocycles. The van der Waals surface area contributed by atoms with Crippen LogP contribution in [-0.2, 0) is 0 Å². The molecule has 0 aliphatic heterocycles. The lowest BCUT2D eigenvalue weighted by Crippen LogP contribution is -2.27. The molecule has 2 aromatic rings. The van der Waals surface area contributed by atoms with Gasteiger partial charge < -0.3 is 5.32 Å². The van der Waals surface area contributed by atoms with Gasteiger partial charge in [-0.3, -0.25) is 9.89 Å². The lowest BCUT2D eigenvalue weighted by molar-refractivity contribution is 0.0938. The van der Waals surface area contributed by atoms with E-state index < -0.39 is 5.82 Å². The van der Waals surface area contributed by atoms with Gasteiger partial charge in [0.1, 0.15) is 18.0 Å². The topological polar surface area (TPSA) is 70.7 Å². The van der Waals surface area contributed by atoms with E-state index in [4.69, 9.17) is 0 Å². The highest BCUT2D eigenvalue weighted by Gasteiger charge is 2.13. The molecule has 0 aliphatic carbocycles. The lowest BCUT2D eigenvalue weighted by Gasteiger charge is -2.10. The van der Waals surface area contributed by atoms with Crippen LogP contribution in [0.25, 0.3) is 0 Å². The van der Waals surface area contributed by atoms with Crippen LogP contribution in [0, 0.1) is 5.82 Å². The van der Waals surface area contributed by atoms with Crippen LogP contribution in [0.4, 0.5) is 4.39 Å². The Morgan fingerprint density at radius 3 is 3.00 bits per heavy atom. The molecule has 1 amide bonds. The quantitative estimate of drug-likeness (QED) is 0.844. The minimum Gasteiger partial charge on any atom is -0.342 e. The Labute approximate surface area is 97.1 Å². The van der Waals surface area contributed by atoms with Crippen LogP contribution in [0.15, 0.2) is 30.6 Å². The van der Waals surface area contributed by atoms with E-state index in [1.54, 1.807) is 13.0 Å². The van der Waals surface area contributed by atoms with Gasteiger partial charge >= 0.3 is 0 Å². The molecule has 2 rings (SSSR count). The van der Waals surface area contributed by atoms with Gasteiger partial charge in [0.25, 0.3) is 5.91 Å². The summed E-state index contributed by atoms with van der Waals surface area (Å²) in [6, 6.07) is 5.20. The molecule has 0 fully saturated rings. The Hall–Kier alpha value is -2.24. The second-order valence-electron chi connectivity index (χ2n) is 3.58. The minimum atomic E-state index is -0.440. The maximum atomic E-state index is 12.9. The fourth-order valence-electron chi connectivity index (χ4n) is 1.40. The van der Waals surface area contributed by atoms with Crippen LogP contribution in [-0.4, -0.2) is 21.1 Å². The molecule has 1 aromatic heterocycles. The van der Waals surface area contributed by atoms with E-state index in [1.807, 2.05) is 0 Å². The Bertz CT molecular complexity index is 512. The molecular formula is C11H11FN4O. The van der Waals surface area contributed by atoms with E-state index in [-0.39, 0.29) is 17.5 Å². The fourth-order valence-corrected chi connectivity index (χ4v) is 1.40. The molecule has 0 bridgehead atoms. The van der Waals surface area contributed by atoms with E-state index in [1.165, 1.54) is 24.5 Å². The number of hydrogen-bond donors (Lipinski definition) is 2. The first-order chi connectivity index (χ1) is 8.16. The number of halogens is 1. The van der Waals surface area contributed by atoms with Crippen LogP contribution < -0.4 is 5.32 Å². The molecule has 88 valence electrons. The molecule has 1 aromatic carbocycles. The Morgan fingerprint density at radius 2 is 2.35 bits per heavy atom. The number of amides is 1. The van der Waals surface area contributed by atoms with Gasteiger partial charge in [-0.15, -0.1) is 0 Å². The van der Waals surface area contributed by atoms with E-state index >= 15 is 0 Å². The maximum Gasteiger partial charge on any atom is 0.251 e. The number of aromatic nitrogens is 3. The van der Waals surface area contributed by atoms with Gasteiger partial charge in [0, 0.05) is 5.56 Å². The number of hydrogen-bond acceptors (Lipinski definition) is 3. The number of nitrogens with zero attached hydrogens (tertiary/aromatic N) is 2. The number of carbonyl (C=O) groups is 1. The highest BCUT2D eigenvalue weighted by atomic mass is 19.1. The van der Waals surface area contributed by atoms with Crippen molar-refractivity contribution in [2.24, 2.45) is 0 Å². The van der Waals surface area contributed by atoms with Gasteiger partial charge in [-0.25, -0.2) is 9.37 Å². The number of nitrogens with one attached hydrogen (secondary N) is 2. The molecule has 0 radical (unpaired) electrons. The summed E-state index contributed by atoms with van der Waals surface area (Å²) in [6.45, 7) is 1.76. The van der Waals surface area contributed by atoms with Gasteiger partial charge in [-0.05, 0) is 25.1 Å². The smallest absolute Gasteiger partial charge is 0.251 e. The number of H-pyrrole nitrogens is 1. The monoisotopic (exact) mass is 234 g/mol. The number of benzene rings is 1. The summed E-state index contributed by atoms with van der Waals surface area (Å²) < 4.78 is 12.9. The lowest BCUT2D eigenvalue weighted by atomic mass is 10.2. The van der Waals surface area contributed by atoms with Crippen molar-refractivity contribution in [2.75, 3.05) is 0 Å². The van der Waals surface area contributed by atoms with Crippen molar-refractivity contribution in [2.45, 2.75) is 13.0 Å². The van der Waals surface area contributed by atoms with Crippen molar-refractivity contribution >= 4 is 5.91 Å². The standard InChI is InChI=1S/C11H11FN4O/c1-7(10-13-6-14-16-10)15-11(17)8-3-2-4-9(12)5-8/h2-7H,1H3,(H,15,17)(H,13,14,16).